The first-order chi connectivity index (χ1) is 17.9. The Hall–Kier alpha value is -3.11. The summed E-state index contributed by atoms with van der Waals surface area (Å²) in [5, 5.41) is 15.9. The lowest BCUT2D eigenvalue weighted by molar-refractivity contribution is -0.146. The number of halogens is 2. The largest absolute Gasteiger partial charge is 0.493 e. The Labute approximate surface area is 228 Å². The third kappa shape index (κ3) is 5.45. The molecule has 1 atom stereocenters. The Balaban J connectivity index is 1.47. The SMILES string of the molecule is COc1cc(C2C(C(=O)OC3CCCCC3)=C(C)Nc3nnnn32)cc(Br)c1OCc1ccc(Cl)cc1. The summed E-state index contributed by atoms with van der Waals surface area (Å²) < 4.78 is 20.0. The number of aromatic nitrogens is 4. The summed E-state index contributed by atoms with van der Waals surface area (Å²) in [5.74, 6) is 1.11. The highest BCUT2D eigenvalue weighted by Gasteiger charge is 2.37. The maximum absolute atomic E-state index is 13.5. The molecule has 5 rings (SSSR count). The molecule has 3 aromatic rings. The van der Waals surface area contributed by atoms with Crippen LogP contribution >= 0.6 is 27.5 Å². The summed E-state index contributed by atoms with van der Waals surface area (Å²) in [4.78, 5) is 13.5. The summed E-state index contributed by atoms with van der Waals surface area (Å²) in [6, 6.07) is 10.6. The summed E-state index contributed by atoms with van der Waals surface area (Å²) in [6.45, 7) is 2.16. The van der Waals surface area contributed by atoms with Gasteiger partial charge >= 0.3 is 5.97 Å². The maximum atomic E-state index is 13.5. The maximum Gasteiger partial charge on any atom is 0.338 e. The smallest absolute Gasteiger partial charge is 0.338 e. The summed E-state index contributed by atoms with van der Waals surface area (Å²) >= 11 is 9.63. The van der Waals surface area contributed by atoms with Crippen molar-refractivity contribution in [3.63, 3.8) is 0 Å². The molecule has 0 saturated heterocycles. The number of rotatable bonds is 7. The number of nitrogens with one attached hydrogen (secondary N) is 1. The van der Waals surface area contributed by atoms with Gasteiger partial charge in [0.2, 0.25) is 5.95 Å². The van der Waals surface area contributed by atoms with Crippen LogP contribution in [-0.2, 0) is 16.1 Å². The van der Waals surface area contributed by atoms with Crippen molar-refractivity contribution in [1.29, 1.82) is 0 Å². The van der Waals surface area contributed by atoms with Crippen molar-refractivity contribution < 1.29 is 19.0 Å². The predicted molar refractivity (Wildman–Crippen MR) is 142 cm³/mol. The van der Waals surface area contributed by atoms with E-state index < -0.39 is 6.04 Å². The molecule has 9 nitrogen and oxygen atoms in total. The number of anilines is 1. The molecule has 0 radical (unpaired) electrons. The molecule has 1 aliphatic carbocycles. The van der Waals surface area contributed by atoms with Crippen LogP contribution in [0.1, 0.15) is 56.2 Å². The molecule has 2 aliphatic rings. The molecular formula is C26H27BrClN5O4. The van der Waals surface area contributed by atoms with Gasteiger partial charge in [0.25, 0.3) is 0 Å². The van der Waals surface area contributed by atoms with E-state index in [0.29, 0.717) is 44.8 Å². The van der Waals surface area contributed by atoms with E-state index in [-0.39, 0.29) is 12.1 Å². The van der Waals surface area contributed by atoms with Gasteiger partial charge in [-0.3, -0.25) is 0 Å². The Morgan fingerprint density at radius 3 is 2.68 bits per heavy atom. The first-order valence-electron chi connectivity index (χ1n) is 12.2. The van der Waals surface area contributed by atoms with E-state index >= 15 is 0 Å². The number of methoxy groups -OCH3 is 1. The van der Waals surface area contributed by atoms with Gasteiger partial charge in [-0.1, -0.05) is 35.3 Å². The van der Waals surface area contributed by atoms with E-state index in [1.165, 1.54) is 6.42 Å². The molecule has 0 bridgehead atoms. The Bertz CT molecular complexity index is 1320. The number of hydrogen-bond acceptors (Lipinski definition) is 8. The first kappa shape index (κ1) is 25.5. The second-order valence-electron chi connectivity index (χ2n) is 9.13. The quantitative estimate of drug-likeness (QED) is 0.344. The van der Waals surface area contributed by atoms with Gasteiger partial charge in [0, 0.05) is 10.7 Å². The van der Waals surface area contributed by atoms with Gasteiger partial charge in [0.15, 0.2) is 11.5 Å². The van der Waals surface area contributed by atoms with E-state index in [2.05, 4.69) is 36.8 Å². The molecule has 1 aromatic heterocycles. The Kier molecular flexibility index (Phi) is 7.66. The van der Waals surface area contributed by atoms with E-state index in [1.54, 1.807) is 11.8 Å². The van der Waals surface area contributed by atoms with E-state index in [9.17, 15) is 4.79 Å². The number of fused-ring (bicyclic) bond motifs is 1. The standard InChI is InChI=1S/C26H27BrClN5O4/c1-15-22(25(34)37-19-6-4-3-5-7-19)23(33-26(29-15)30-31-32-33)17-12-20(27)24(21(13-17)35-2)36-14-16-8-10-18(28)11-9-16/h8-13,19,23H,3-7,14H2,1-2H3,(H,29,30,32). The lowest BCUT2D eigenvalue weighted by Crippen LogP contribution is -2.32. The number of nitrogens with zero attached hydrogens (tertiary/aromatic N) is 4. The van der Waals surface area contributed by atoms with Crippen molar-refractivity contribution in [2.75, 3.05) is 12.4 Å². The number of tetrazole rings is 1. The zero-order chi connectivity index (χ0) is 25.9. The average molecular weight is 589 g/mol. The number of esters is 1. The minimum Gasteiger partial charge on any atom is -0.493 e. The highest BCUT2D eigenvalue weighted by Crippen LogP contribution is 2.43. The van der Waals surface area contributed by atoms with Crippen LogP contribution in [0.2, 0.25) is 5.02 Å². The van der Waals surface area contributed by atoms with Gasteiger partial charge in [-0.25, -0.2) is 4.79 Å². The zero-order valence-corrected chi connectivity index (χ0v) is 22.9. The van der Waals surface area contributed by atoms with Crippen LogP contribution in [0.5, 0.6) is 11.5 Å². The van der Waals surface area contributed by atoms with Gasteiger partial charge in [-0.05, 0) is 94.4 Å². The average Bonchev–Trinajstić information content (AvgIpc) is 3.36. The zero-order valence-electron chi connectivity index (χ0n) is 20.5. The minimum absolute atomic E-state index is 0.0811. The monoisotopic (exact) mass is 587 g/mol. The van der Waals surface area contributed by atoms with Gasteiger partial charge < -0.3 is 19.5 Å². The van der Waals surface area contributed by atoms with Crippen LogP contribution in [0.25, 0.3) is 0 Å². The molecule has 1 N–H and O–H groups in total. The van der Waals surface area contributed by atoms with Gasteiger partial charge in [0.1, 0.15) is 18.8 Å². The normalized spacial score (nSPS) is 17.7. The van der Waals surface area contributed by atoms with E-state index in [4.69, 9.17) is 25.8 Å². The van der Waals surface area contributed by atoms with Gasteiger partial charge in [-0.15, -0.1) is 0 Å². The molecule has 1 fully saturated rings. The molecule has 37 heavy (non-hydrogen) atoms. The number of ether oxygens (including phenoxy) is 3. The third-order valence-corrected chi connectivity index (χ3v) is 7.46. The first-order valence-corrected chi connectivity index (χ1v) is 13.3. The highest BCUT2D eigenvalue weighted by atomic mass is 79.9. The molecule has 0 amide bonds. The molecule has 2 heterocycles. The molecular weight excluding hydrogens is 562 g/mol. The topological polar surface area (TPSA) is 100 Å². The number of benzene rings is 2. The van der Waals surface area contributed by atoms with Gasteiger partial charge in [-0.2, -0.15) is 4.68 Å². The fraction of sp³-hybridized carbons (Fsp3) is 0.385. The van der Waals surface area contributed by atoms with Gasteiger partial charge in [0.05, 0.1) is 17.2 Å². The van der Waals surface area contributed by atoms with Crippen LogP contribution < -0.4 is 14.8 Å². The van der Waals surface area contributed by atoms with Crippen molar-refractivity contribution in [3.8, 4) is 11.5 Å². The second-order valence-corrected chi connectivity index (χ2v) is 10.4. The Morgan fingerprint density at radius 2 is 1.95 bits per heavy atom. The van der Waals surface area contributed by atoms with Crippen molar-refractivity contribution in [2.24, 2.45) is 0 Å². The van der Waals surface area contributed by atoms with Crippen molar-refractivity contribution in [2.45, 2.75) is 57.8 Å². The molecule has 1 saturated carbocycles. The molecule has 1 unspecified atom stereocenters. The number of carbonyl (C=O) groups excluding carboxylic acids is 1. The number of allylic oxidation sites excluding steroid dienone is 1. The molecule has 0 spiro atoms. The third-order valence-electron chi connectivity index (χ3n) is 6.62. The van der Waals surface area contributed by atoms with E-state index in [1.807, 2.05) is 43.3 Å². The predicted octanol–water partition coefficient (Wildman–Crippen LogP) is 5.84. The molecule has 2 aromatic carbocycles. The van der Waals surface area contributed by atoms with E-state index in [0.717, 1.165) is 36.8 Å². The van der Waals surface area contributed by atoms with Crippen molar-refractivity contribution in [3.05, 3.63) is 68.3 Å². The van der Waals surface area contributed by atoms with Crippen LogP contribution in [0.4, 0.5) is 5.95 Å². The Morgan fingerprint density at radius 1 is 1.19 bits per heavy atom. The lowest BCUT2D eigenvalue weighted by Gasteiger charge is -2.30. The van der Waals surface area contributed by atoms with Crippen LogP contribution in [0.15, 0.2) is 52.1 Å². The van der Waals surface area contributed by atoms with Crippen LogP contribution in [0, 0.1) is 0 Å². The molecule has 194 valence electrons. The fourth-order valence-corrected chi connectivity index (χ4v) is 5.46. The second kappa shape index (κ2) is 11.1. The highest BCUT2D eigenvalue weighted by molar-refractivity contribution is 9.10. The fourth-order valence-electron chi connectivity index (χ4n) is 4.76. The summed E-state index contributed by atoms with van der Waals surface area (Å²) in [6.07, 6.45) is 4.99. The molecule has 1 aliphatic heterocycles. The number of hydrogen-bond donors (Lipinski definition) is 1. The summed E-state index contributed by atoms with van der Waals surface area (Å²) in [7, 11) is 1.57. The van der Waals surface area contributed by atoms with Crippen molar-refractivity contribution >= 4 is 39.4 Å². The lowest BCUT2D eigenvalue weighted by atomic mass is 9.94. The summed E-state index contributed by atoms with van der Waals surface area (Å²) in [5.41, 5.74) is 2.80. The van der Waals surface area contributed by atoms with Crippen LogP contribution in [-0.4, -0.2) is 39.4 Å². The number of carbonyl (C=O) groups is 1. The van der Waals surface area contributed by atoms with Crippen molar-refractivity contribution in [1.82, 2.24) is 20.2 Å². The minimum atomic E-state index is -0.613. The van der Waals surface area contributed by atoms with Crippen LogP contribution in [0.3, 0.4) is 0 Å². The molecule has 11 heteroatoms.